The van der Waals surface area contributed by atoms with Gasteiger partial charge in [-0.2, -0.15) is 5.26 Å². The smallest absolute Gasteiger partial charge is 0.123 e. The van der Waals surface area contributed by atoms with Gasteiger partial charge in [-0.1, -0.05) is 6.92 Å². The van der Waals surface area contributed by atoms with Gasteiger partial charge in [-0.05, 0) is 44.2 Å². The Hall–Kier alpha value is -1.60. The summed E-state index contributed by atoms with van der Waals surface area (Å²) in [6.45, 7) is 5.30. The monoisotopic (exact) mass is 249 g/mol. The minimum atomic E-state index is -0.598. The summed E-state index contributed by atoms with van der Waals surface area (Å²) < 4.78 is 12.8. The molecule has 0 heterocycles. The number of nitrogens with zero attached hydrogens (tertiary/aromatic N) is 2. The van der Waals surface area contributed by atoms with E-state index in [4.69, 9.17) is 0 Å². The van der Waals surface area contributed by atoms with E-state index in [2.05, 4.69) is 18.3 Å². The first-order valence-electron chi connectivity index (χ1n) is 6.14. The highest BCUT2D eigenvalue weighted by molar-refractivity contribution is 5.46. The largest absolute Gasteiger partial charge is 0.372 e. The first kappa shape index (κ1) is 14.5. The van der Waals surface area contributed by atoms with E-state index in [0.717, 1.165) is 18.7 Å². The molecule has 3 nitrogen and oxygen atoms in total. The van der Waals surface area contributed by atoms with Crippen molar-refractivity contribution in [2.24, 2.45) is 0 Å². The van der Waals surface area contributed by atoms with Crippen LogP contribution >= 0.6 is 0 Å². The van der Waals surface area contributed by atoms with Gasteiger partial charge in [0.15, 0.2) is 0 Å². The molecule has 18 heavy (non-hydrogen) atoms. The van der Waals surface area contributed by atoms with Crippen LogP contribution in [0.5, 0.6) is 0 Å². The maximum Gasteiger partial charge on any atom is 0.123 e. The lowest BCUT2D eigenvalue weighted by atomic mass is 10.0. The minimum absolute atomic E-state index is 0.251. The highest BCUT2D eigenvalue weighted by atomic mass is 19.1. The maximum atomic E-state index is 12.8. The predicted molar refractivity (Wildman–Crippen MR) is 72.0 cm³/mol. The average molecular weight is 249 g/mol. The molecule has 0 fully saturated rings. The van der Waals surface area contributed by atoms with E-state index >= 15 is 0 Å². The molecule has 98 valence electrons. The molecular weight excluding hydrogens is 229 g/mol. The van der Waals surface area contributed by atoms with Crippen molar-refractivity contribution < 1.29 is 4.39 Å². The van der Waals surface area contributed by atoms with Crippen LogP contribution in [0.2, 0.25) is 0 Å². The summed E-state index contributed by atoms with van der Waals surface area (Å²) in [4.78, 5) is 1.95. The molecule has 1 aromatic carbocycles. The first-order valence-corrected chi connectivity index (χ1v) is 6.14. The van der Waals surface area contributed by atoms with Gasteiger partial charge in [0.2, 0.25) is 0 Å². The third-order valence-corrected chi connectivity index (χ3v) is 2.83. The number of hydrogen-bond donors (Lipinski definition) is 1. The average Bonchev–Trinajstić information content (AvgIpc) is 2.37. The molecule has 1 atom stereocenters. The number of rotatable bonds is 6. The molecule has 0 bridgehead atoms. The Balaban J connectivity index is 2.70. The highest BCUT2D eigenvalue weighted by Gasteiger charge is 2.24. The van der Waals surface area contributed by atoms with Crippen molar-refractivity contribution in [1.29, 1.82) is 5.26 Å². The van der Waals surface area contributed by atoms with Gasteiger partial charge in [0.05, 0.1) is 6.07 Å². The molecule has 0 spiro atoms. The molecule has 0 saturated heterocycles. The van der Waals surface area contributed by atoms with Crippen LogP contribution in [0.25, 0.3) is 0 Å². The predicted octanol–water partition coefficient (Wildman–Crippen LogP) is 2.54. The Kier molecular flexibility index (Phi) is 5.11. The zero-order chi connectivity index (χ0) is 13.6. The van der Waals surface area contributed by atoms with E-state index < -0.39 is 5.54 Å². The van der Waals surface area contributed by atoms with Gasteiger partial charge in [0.25, 0.3) is 0 Å². The fourth-order valence-corrected chi connectivity index (χ4v) is 1.79. The van der Waals surface area contributed by atoms with E-state index in [1.165, 1.54) is 12.1 Å². The molecule has 0 aliphatic carbocycles. The van der Waals surface area contributed by atoms with Crippen molar-refractivity contribution in [2.45, 2.75) is 25.8 Å². The van der Waals surface area contributed by atoms with Crippen LogP contribution in [0.4, 0.5) is 10.1 Å². The Labute approximate surface area is 108 Å². The van der Waals surface area contributed by atoms with Gasteiger partial charge in [-0.25, -0.2) is 4.39 Å². The van der Waals surface area contributed by atoms with Crippen LogP contribution in [0.1, 0.15) is 20.3 Å². The van der Waals surface area contributed by atoms with Crippen LogP contribution in [0, 0.1) is 17.1 Å². The number of halogens is 1. The van der Waals surface area contributed by atoms with Crippen LogP contribution in [-0.4, -0.2) is 25.7 Å². The molecule has 0 radical (unpaired) electrons. The lowest BCUT2D eigenvalue weighted by Crippen LogP contribution is -2.49. The molecule has 0 saturated carbocycles. The second-order valence-electron chi connectivity index (χ2n) is 4.70. The summed E-state index contributed by atoms with van der Waals surface area (Å²) in [7, 11) is 1.90. The van der Waals surface area contributed by atoms with Crippen molar-refractivity contribution in [3.8, 4) is 6.07 Å². The summed E-state index contributed by atoms with van der Waals surface area (Å²) in [6, 6.07) is 8.58. The van der Waals surface area contributed by atoms with E-state index in [1.807, 2.05) is 18.9 Å². The first-order chi connectivity index (χ1) is 8.50. The summed E-state index contributed by atoms with van der Waals surface area (Å²) in [5.41, 5.74) is 0.301. The van der Waals surface area contributed by atoms with Crippen molar-refractivity contribution >= 4 is 5.69 Å². The topological polar surface area (TPSA) is 39.1 Å². The van der Waals surface area contributed by atoms with Crippen molar-refractivity contribution in [2.75, 3.05) is 25.0 Å². The van der Waals surface area contributed by atoms with E-state index in [0.29, 0.717) is 6.54 Å². The van der Waals surface area contributed by atoms with Crippen LogP contribution in [0.15, 0.2) is 24.3 Å². The molecule has 1 aromatic rings. The Morgan fingerprint density at radius 1 is 1.39 bits per heavy atom. The standard InChI is InChI=1S/C14H20FN3/c1-4-9-17-14(2,10-16)11-18(3)13-7-5-12(15)6-8-13/h5-8,17H,4,9,11H2,1-3H3. The number of benzene rings is 1. The van der Waals surface area contributed by atoms with E-state index in [1.54, 1.807) is 12.1 Å². The second-order valence-corrected chi connectivity index (χ2v) is 4.70. The molecule has 0 aromatic heterocycles. The van der Waals surface area contributed by atoms with Crippen molar-refractivity contribution in [3.05, 3.63) is 30.1 Å². The van der Waals surface area contributed by atoms with Gasteiger partial charge in [0.1, 0.15) is 11.4 Å². The van der Waals surface area contributed by atoms with E-state index in [9.17, 15) is 9.65 Å². The third-order valence-electron chi connectivity index (χ3n) is 2.83. The molecular formula is C14H20FN3. The maximum absolute atomic E-state index is 12.8. The number of nitrogens with one attached hydrogen (secondary N) is 1. The lowest BCUT2D eigenvalue weighted by molar-refractivity contribution is 0.449. The molecule has 0 aliphatic heterocycles. The molecule has 0 amide bonds. The quantitative estimate of drug-likeness (QED) is 0.842. The summed E-state index contributed by atoms with van der Waals surface area (Å²) in [5, 5.41) is 12.5. The summed E-state index contributed by atoms with van der Waals surface area (Å²) in [6.07, 6.45) is 0.984. The van der Waals surface area contributed by atoms with Gasteiger partial charge in [0, 0.05) is 19.3 Å². The summed E-state index contributed by atoms with van der Waals surface area (Å²) in [5.74, 6) is -0.251. The fourth-order valence-electron chi connectivity index (χ4n) is 1.79. The van der Waals surface area contributed by atoms with Gasteiger partial charge >= 0.3 is 0 Å². The molecule has 1 N–H and O–H groups in total. The van der Waals surface area contributed by atoms with Crippen LogP contribution in [0.3, 0.4) is 0 Å². The Morgan fingerprint density at radius 2 is 2.00 bits per heavy atom. The number of likely N-dealkylation sites (N-methyl/N-ethyl adjacent to an activating group) is 1. The SMILES string of the molecule is CCCNC(C)(C#N)CN(C)c1ccc(F)cc1. The molecule has 1 rings (SSSR count). The van der Waals surface area contributed by atoms with Crippen molar-refractivity contribution in [3.63, 3.8) is 0 Å². The van der Waals surface area contributed by atoms with Gasteiger partial charge in [-0.3, -0.25) is 5.32 Å². The lowest BCUT2D eigenvalue weighted by Gasteiger charge is -2.30. The van der Waals surface area contributed by atoms with Crippen molar-refractivity contribution in [1.82, 2.24) is 5.32 Å². The second kappa shape index (κ2) is 6.36. The van der Waals surface area contributed by atoms with Gasteiger partial charge < -0.3 is 4.90 Å². The Bertz CT molecular complexity index is 410. The minimum Gasteiger partial charge on any atom is -0.372 e. The number of nitriles is 1. The van der Waals surface area contributed by atoms with Crippen LogP contribution in [-0.2, 0) is 0 Å². The fraction of sp³-hybridized carbons (Fsp3) is 0.500. The number of hydrogen-bond acceptors (Lipinski definition) is 3. The molecule has 0 aliphatic rings. The molecule has 1 unspecified atom stereocenters. The zero-order valence-electron chi connectivity index (χ0n) is 11.2. The third kappa shape index (κ3) is 4.01. The zero-order valence-corrected chi connectivity index (χ0v) is 11.2. The normalized spacial score (nSPS) is 13.7. The van der Waals surface area contributed by atoms with E-state index in [-0.39, 0.29) is 5.82 Å². The Morgan fingerprint density at radius 3 is 2.50 bits per heavy atom. The van der Waals surface area contributed by atoms with Gasteiger partial charge in [-0.15, -0.1) is 0 Å². The molecule has 4 heteroatoms. The summed E-state index contributed by atoms with van der Waals surface area (Å²) >= 11 is 0. The number of anilines is 1. The highest BCUT2D eigenvalue weighted by Crippen LogP contribution is 2.16. The van der Waals surface area contributed by atoms with Crippen LogP contribution < -0.4 is 10.2 Å².